The highest BCUT2D eigenvalue weighted by Gasteiger charge is 2.18. The second-order valence-corrected chi connectivity index (χ2v) is 6.10. The highest BCUT2D eigenvalue weighted by Crippen LogP contribution is 2.19. The summed E-state index contributed by atoms with van der Waals surface area (Å²) in [5.74, 6) is -0.937. The van der Waals surface area contributed by atoms with Crippen molar-refractivity contribution in [2.24, 2.45) is 0 Å². The minimum absolute atomic E-state index is 0.103. The Labute approximate surface area is 157 Å². The number of hydrogen-bond donors (Lipinski definition) is 4. The first kappa shape index (κ1) is 20.4. The van der Waals surface area contributed by atoms with E-state index in [2.05, 4.69) is 5.32 Å². The maximum absolute atomic E-state index is 11.6. The summed E-state index contributed by atoms with van der Waals surface area (Å²) in [4.78, 5) is 22.3. The zero-order valence-corrected chi connectivity index (χ0v) is 14.7. The van der Waals surface area contributed by atoms with Crippen molar-refractivity contribution in [3.63, 3.8) is 0 Å². The zero-order valence-electron chi connectivity index (χ0n) is 14.7. The maximum atomic E-state index is 11.6. The normalized spacial score (nSPS) is 12.8. The summed E-state index contributed by atoms with van der Waals surface area (Å²) in [7, 11) is 0. The largest absolute Gasteiger partial charge is 0.481 e. The van der Waals surface area contributed by atoms with Gasteiger partial charge in [0.25, 0.3) is 0 Å². The van der Waals surface area contributed by atoms with Crippen molar-refractivity contribution in [1.29, 1.82) is 0 Å². The molecule has 27 heavy (non-hydrogen) atoms. The molecule has 0 fully saturated rings. The van der Waals surface area contributed by atoms with Gasteiger partial charge in [-0.3, -0.25) is 4.79 Å². The van der Waals surface area contributed by atoms with Crippen LogP contribution in [-0.2, 0) is 22.6 Å². The smallest absolute Gasteiger partial charge is 0.407 e. The van der Waals surface area contributed by atoms with Crippen molar-refractivity contribution in [2.75, 3.05) is 6.54 Å². The van der Waals surface area contributed by atoms with Crippen LogP contribution in [0.1, 0.15) is 29.2 Å². The van der Waals surface area contributed by atoms with E-state index >= 15 is 0 Å². The van der Waals surface area contributed by atoms with Gasteiger partial charge in [-0.05, 0) is 23.1 Å². The molecule has 0 heterocycles. The van der Waals surface area contributed by atoms with E-state index in [0.717, 1.165) is 5.56 Å². The Bertz CT molecular complexity index is 732. The number of ether oxygens (including phenoxy) is 1. The van der Waals surface area contributed by atoms with E-state index in [1.807, 2.05) is 30.3 Å². The first-order valence-electron chi connectivity index (χ1n) is 8.57. The van der Waals surface area contributed by atoms with Crippen molar-refractivity contribution in [1.82, 2.24) is 5.32 Å². The predicted octanol–water partition coefficient (Wildman–Crippen LogP) is 2.02. The second-order valence-electron chi connectivity index (χ2n) is 6.10. The van der Waals surface area contributed by atoms with E-state index in [0.29, 0.717) is 11.1 Å². The van der Waals surface area contributed by atoms with Crippen molar-refractivity contribution in [3.8, 4) is 0 Å². The molecule has 7 nitrogen and oxygen atoms in total. The van der Waals surface area contributed by atoms with Gasteiger partial charge >= 0.3 is 12.1 Å². The Kier molecular flexibility index (Phi) is 7.79. The Morgan fingerprint density at radius 2 is 1.63 bits per heavy atom. The molecule has 144 valence electrons. The molecule has 2 unspecified atom stereocenters. The fourth-order valence-electron chi connectivity index (χ4n) is 2.48. The number of aliphatic hydroxyl groups is 2. The van der Waals surface area contributed by atoms with Crippen LogP contribution in [-0.4, -0.2) is 40.0 Å². The highest BCUT2D eigenvalue weighted by atomic mass is 16.5. The number of carboxylic acids is 1. The van der Waals surface area contributed by atoms with Gasteiger partial charge in [0, 0.05) is 6.54 Å². The molecule has 0 aromatic heterocycles. The van der Waals surface area contributed by atoms with Gasteiger partial charge in [-0.15, -0.1) is 0 Å². The van der Waals surface area contributed by atoms with Crippen molar-refractivity contribution >= 4 is 12.1 Å². The third-order valence-electron chi connectivity index (χ3n) is 3.96. The minimum atomic E-state index is -1.13. The lowest BCUT2D eigenvalue weighted by atomic mass is 10.00. The van der Waals surface area contributed by atoms with Crippen LogP contribution in [0.2, 0.25) is 0 Å². The molecule has 0 saturated carbocycles. The van der Waals surface area contributed by atoms with Gasteiger partial charge in [-0.1, -0.05) is 54.6 Å². The van der Waals surface area contributed by atoms with Gasteiger partial charge in [0.1, 0.15) is 12.7 Å². The lowest BCUT2D eigenvalue weighted by Crippen LogP contribution is -2.29. The standard InChI is InChI=1S/C20H23NO6/c22-17(19(25)16-8-6-14(7-9-16)12-18(23)24)10-11-21-20(26)27-13-15-4-2-1-3-5-15/h1-9,17,19,22,25H,10-13H2,(H,21,26)(H,23,24). The zero-order chi connectivity index (χ0) is 19.6. The lowest BCUT2D eigenvalue weighted by molar-refractivity contribution is -0.136. The summed E-state index contributed by atoms with van der Waals surface area (Å²) in [6.45, 7) is 0.295. The summed E-state index contributed by atoms with van der Waals surface area (Å²) in [5, 5.41) is 31.5. The van der Waals surface area contributed by atoms with Crippen LogP contribution in [0.5, 0.6) is 0 Å². The number of aliphatic carboxylic acids is 1. The number of rotatable bonds is 9. The van der Waals surface area contributed by atoms with Crippen LogP contribution in [0.15, 0.2) is 54.6 Å². The van der Waals surface area contributed by atoms with Crippen LogP contribution < -0.4 is 5.32 Å². The van der Waals surface area contributed by atoms with E-state index in [4.69, 9.17) is 9.84 Å². The van der Waals surface area contributed by atoms with Crippen LogP contribution >= 0.6 is 0 Å². The number of amides is 1. The molecule has 2 rings (SSSR count). The van der Waals surface area contributed by atoms with Crippen LogP contribution in [0, 0.1) is 0 Å². The van der Waals surface area contributed by atoms with Crippen molar-refractivity contribution in [3.05, 3.63) is 71.3 Å². The first-order valence-corrected chi connectivity index (χ1v) is 8.57. The van der Waals surface area contributed by atoms with Gasteiger partial charge in [0.05, 0.1) is 12.5 Å². The molecule has 0 aliphatic carbocycles. The average Bonchev–Trinajstić information content (AvgIpc) is 2.66. The van der Waals surface area contributed by atoms with Gasteiger partial charge in [-0.2, -0.15) is 0 Å². The summed E-state index contributed by atoms with van der Waals surface area (Å²) in [6, 6.07) is 15.6. The molecule has 0 radical (unpaired) electrons. The number of benzene rings is 2. The minimum Gasteiger partial charge on any atom is -0.481 e. The topological polar surface area (TPSA) is 116 Å². The summed E-state index contributed by atoms with van der Waals surface area (Å²) < 4.78 is 5.06. The van der Waals surface area contributed by atoms with E-state index in [9.17, 15) is 19.8 Å². The fraction of sp³-hybridized carbons (Fsp3) is 0.300. The van der Waals surface area contributed by atoms with Crippen LogP contribution in [0.3, 0.4) is 0 Å². The quantitative estimate of drug-likeness (QED) is 0.534. The number of carbonyl (C=O) groups excluding carboxylic acids is 1. The molecule has 0 spiro atoms. The number of hydrogen-bond acceptors (Lipinski definition) is 5. The summed E-state index contributed by atoms with van der Waals surface area (Å²) in [6.07, 6.45) is -2.78. The van der Waals surface area contributed by atoms with Crippen LogP contribution in [0.4, 0.5) is 4.79 Å². The number of alkyl carbamates (subject to hydrolysis) is 1. The number of carbonyl (C=O) groups is 2. The number of nitrogens with one attached hydrogen (secondary N) is 1. The fourth-order valence-corrected chi connectivity index (χ4v) is 2.48. The third-order valence-corrected chi connectivity index (χ3v) is 3.96. The second kappa shape index (κ2) is 10.3. The predicted molar refractivity (Wildman–Crippen MR) is 98.0 cm³/mol. The Morgan fingerprint density at radius 1 is 0.963 bits per heavy atom. The molecule has 4 N–H and O–H groups in total. The monoisotopic (exact) mass is 373 g/mol. The molecule has 1 amide bonds. The average molecular weight is 373 g/mol. The van der Waals surface area contributed by atoms with Gasteiger partial charge < -0.3 is 25.4 Å². The Balaban J connectivity index is 1.71. The molecule has 2 atom stereocenters. The SMILES string of the molecule is O=C(O)Cc1ccc(C(O)C(O)CCNC(=O)OCc2ccccc2)cc1. The summed E-state index contributed by atoms with van der Waals surface area (Å²) >= 11 is 0. The van der Waals surface area contributed by atoms with E-state index < -0.39 is 24.3 Å². The van der Waals surface area contributed by atoms with Gasteiger partial charge in [0.15, 0.2) is 0 Å². The molecule has 7 heteroatoms. The van der Waals surface area contributed by atoms with E-state index in [1.165, 1.54) is 0 Å². The van der Waals surface area contributed by atoms with Crippen LogP contribution in [0.25, 0.3) is 0 Å². The number of carboxylic acid groups (broad SMARTS) is 1. The lowest BCUT2D eigenvalue weighted by Gasteiger charge is -2.18. The molecule has 0 aliphatic rings. The highest BCUT2D eigenvalue weighted by molar-refractivity contribution is 5.70. The molecule has 2 aromatic carbocycles. The molecular weight excluding hydrogens is 350 g/mol. The van der Waals surface area contributed by atoms with Crippen molar-refractivity contribution < 1.29 is 29.6 Å². The Hall–Kier alpha value is -2.90. The van der Waals surface area contributed by atoms with Gasteiger partial charge in [-0.25, -0.2) is 4.79 Å². The first-order chi connectivity index (χ1) is 13.0. The molecule has 0 bridgehead atoms. The maximum Gasteiger partial charge on any atom is 0.407 e. The molecule has 0 aliphatic heterocycles. The number of aliphatic hydroxyl groups excluding tert-OH is 2. The third kappa shape index (κ3) is 7.08. The molecular formula is C20H23NO6. The van der Waals surface area contributed by atoms with E-state index in [1.54, 1.807) is 24.3 Å². The Morgan fingerprint density at radius 3 is 2.26 bits per heavy atom. The van der Waals surface area contributed by atoms with E-state index in [-0.39, 0.29) is 26.0 Å². The molecule has 2 aromatic rings. The van der Waals surface area contributed by atoms with Crippen molar-refractivity contribution in [2.45, 2.75) is 31.7 Å². The van der Waals surface area contributed by atoms with Gasteiger partial charge in [0.2, 0.25) is 0 Å². The summed E-state index contributed by atoms with van der Waals surface area (Å²) in [5.41, 5.74) is 1.95. The molecule has 0 saturated heterocycles.